The molecule has 0 fully saturated rings. The van der Waals surface area contributed by atoms with E-state index in [1.807, 2.05) is 41.7 Å². The van der Waals surface area contributed by atoms with Crippen LogP contribution in [0, 0.1) is 6.92 Å². The van der Waals surface area contributed by atoms with Crippen LogP contribution in [0.1, 0.15) is 48.7 Å². The smallest absolute Gasteiger partial charge is 0.341 e. The van der Waals surface area contributed by atoms with Crippen LogP contribution in [0.2, 0.25) is 0 Å². The molecule has 158 valence electrons. The van der Waals surface area contributed by atoms with Crippen molar-refractivity contribution in [2.24, 2.45) is 5.73 Å². The molecule has 3 aromatic heterocycles. The molecule has 0 aromatic carbocycles. The molecule has 0 atom stereocenters. The van der Waals surface area contributed by atoms with E-state index < -0.39 is 17.8 Å². The van der Waals surface area contributed by atoms with Crippen molar-refractivity contribution in [1.82, 2.24) is 14.3 Å². The summed E-state index contributed by atoms with van der Waals surface area (Å²) in [6, 6.07) is 5.50. The van der Waals surface area contributed by atoms with E-state index in [9.17, 15) is 14.4 Å². The highest BCUT2D eigenvalue weighted by Crippen LogP contribution is 2.34. The SMILES string of the molecule is CCOC(=O)c1c(NC(=O)c2nc3ccccn3c2CN(C)C)sc(C(N)=O)c1C. The Labute approximate surface area is 177 Å². The number of nitrogens with one attached hydrogen (secondary N) is 1. The topological polar surface area (TPSA) is 119 Å². The number of hydrogen-bond donors (Lipinski definition) is 2. The van der Waals surface area contributed by atoms with E-state index in [-0.39, 0.29) is 27.7 Å². The Bertz CT molecular complexity index is 1130. The quantitative estimate of drug-likeness (QED) is 0.556. The molecule has 2 amide bonds. The van der Waals surface area contributed by atoms with Crippen molar-refractivity contribution in [3.63, 3.8) is 0 Å². The highest BCUT2D eigenvalue weighted by atomic mass is 32.1. The zero-order valence-electron chi connectivity index (χ0n) is 17.2. The molecule has 3 aromatic rings. The molecule has 0 aliphatic rings. The molecule has 3 rings (SSSR count). The Kier molecular flexibility index (Phi) is 6.18. The number of carbonyl (C=O) groups excluding carboxylic acids is 3. The lowest BCUT2D eigenvalue weighted by Crippen LogP contribution is -2.20. The van der Waals surface area contributed by atoms with E-state index >= 15 is 0 Å². The first kappa shape index (κ1) is 21.5. The number of nitrogens with two attached hydrogens (primary N) is 1. The van der Waals surface area contributed by atoms with E-state index in [4.69, 9.17) is 10.5 Å². The molecule has 0 aliphatic heterocycles. The second-order valence-electron chi connectivity index (χ2n) is 6.87. The van der Waals surface area contributed by atoms with Gasteiger partial charge in [0, 0.05) is 12.7 Å². The second-order valence-corrected chi connectivity index (χ2v) is 7.89. The van der Waals surface area contributed by atoms with Crippen LogP contribution in [0.3, 0.4) is 0 Å². The number of esters is 1. The second kappa shape index (κ2) is 8.64. The molecule has 0 saturated heterocycles. The molecule has 0 saturated carbocycles. The van der Waals surface area contributed by atoms with Crippen LogP contribution in [-0.2, 0) is 11.3 Å². The van der Waals surface area contributed by atoms with Crippen LogP contribution >= 0.6 is 11.3 Å². The minimum absolute atomic E-state index is 0.127. The van der Waals surface area contributed by atoms with Gasteiger partial charge in [-0.3, -0.25) is 9.59 Å². The third-order valence-corrected chi connectivity index (χ3v) is 5.61. The van der Waals surface area contributed by atoms with Gasteiger partial charge in [-0.1, -0.05) is 6.07 Å². The summed E-state index contributed by atoms with van der Waals surface area (Å²) >= 11 is 0.946. The molecule has 10 heteroatoms. The molecular weight excluding hydrogens is 406 g/mol. The van der Waals surface area contributed by atoms with E-state index in [0.29, 0.717) is 23.4 Å². The number of pyridine rings is 1. The van der Waals surface area contributed by atoms with Crippen LogP contribution in [0.25, 0.3) is 5.65 Å². The van der Waals surface area contributed by atoms with Crippen molar-refractivity contribution in [3.05, 3.63) is 51.8 Å². The van der Waals surface area contributed by atoms with Gasteiger partial charge in [0.05, 0.1) is 22.7 Å². The van der Waals surface area contributed by atoms with Crippen molar-refractivity contribution in [3.8, 4) is 0 Å². The van der Waals surface area contributed by atoms with Gasteiger partial charge in [-0.2, -0.15) is 0 Å². The predicted octanol–water partition coefficient (Wildman–Crippen LogP) is 2.29. The van der Waals surface area contributed by atoms with E-state index in [1.54, 1.807) is 19.9 Å². The zero-order valence-corrected chi connectivity index (χ0v) is 18.0. The van der Waals surface area contributed by atoms with Gasteiger partial charge in [0.1, 0.15) is 10.6 Å². The minimum Gasteiger partial charge on any atom is -0.462 e. The van der Waals surface area contributed by atoms with Crippen LogP contribution < -0.4 is 11.1 Å². The predicted molar refractivity (Wildman–Crippen MR) is 114 cm³/mol. The lowest BCUT2D eigenvalue weighted by molar-refractivity contribution is 0.0527. The number of nitrogens with zero attached hydrogens (tertiary/aromatic N) is 3. The molecule has 3 heterocycles. The van der Waals surface area contributed by atoms with Crippen molar-refractivity contribution in [1.29, 1.82) is 0 Å². The molecule has 3 N–H and O–H groups in total. The van der Waals surface area contributed by atoms with Crippen LogP contribution in [0.15, 0.2) is 24.4 Å². The Morgan fingerprint density at radius 1 is 1.30 bits per heavy atom. The van der Waals surface area contributed by atoms with E-state index in [2.05, 4.69) is 10.3 Å². The summed E-state index contributed by atoms with van der Waals surface area (Å²) in [7, 11) is 3.79. The first-order valence-electron chi connectivity index (χ1n) is 9.26. The largest absolute Gasteiger partial charge is 0.462 e. The van der Waals surface area contributed by atoms with Gasteiger partial charge in [-0.15, -0.1) is 11.3 Å². The summed E-state index contributed by atoms with van der Waals surface area (Å²) in [4.78, 5) is 43.9. The van der Waals surface area contributed by atoms with Crippen LogP contribution in [0.4, 0.5) is 5.00 Å². The van der Waals surface area contributed by atoms with Crippen molar-refractivity contribution < 1.29 is 19.1 Å². The maximum Gasteiger partial charge on any atom is 0.341 e. The molecule has 0 bridgehead atoms. The first-order valence-corrected chi connectivity index (χ1v) is 10.1. The summed E-state index contributed by atoms with van der Waals surface area (Å²) in [6.07, 6.45) is 1.84. The highest BCUT2D eigenvalue weighted by molar-refractivity contribution is 7.18. The van der Waals surface area contributed by atoms with Gasteiger partial charge in [0.15, 0.2) is 5.69 Å². The van der Waals surface area contributed by atoms with Crippen LogP contribution in [-0.4, -0.2) is 52.8 Å². The third kappa shape index (κ3) is 4.05. The number of carbonyl (C=O) groups is 3. The summed E-state index contributed by atoms with van der Waals surface area (Å²) in [5, 5.41) is 2.94. The molecule has 0 aliphatic carbocycles. The first-order chi connectivity index (χ1) is 14.2. The van der Waals surface area contributed by atoms with Crippen molar-refractivity contribution in [2.75, 3.05) is 26.0 Å². The molecular formula is C20H23N5O4S. The van der Waals surface area contributed by atoms with Gasteiger partial charge in [-0.05, 0) is 45.6 Å². The zero-order chi connectivity index (χ0) is 22.0. The normalized spacial score (nSPS) is 11.1. The molecule has 0 unspecified atom stereocenters. The van der Waals surface area contributed by atoms with Gasteiger partial charge in [0.2, 0.25) is 0 Å². The van der Waals surface area contributed by atoms with Gasteiger partial charge in [0.25, 0.3) is 11.8 Å². The molecule has 0 radical (unpaired) electrons. The fourth-order valence-electron chi connectivity index (χ4n) is 3.13. The van der Waals surface area contributed by atoms with E-state index in [1.165, 1.54) is 0 Å². The monoisotopic (exact) mass is 429 g/mol. The number of rotatable bonds is 7. The third-order valence-electron chi connectivity index (χ3n) is 4.39. The lowest BCUT2D eigenvalue weighted by Gasteiger charge is -2.11. The lowest BCUT2D eigenvalue weighted by atomic mass is 10.1. The Morgan fingerprint density at radius 3 is 2.67 bits per heavy atom. The fourth-order valence-corrected chi connectivity index (χ4v) is 4.17. The van der Waals surface area contributed by atoms with Gasteiger partial charge in [-0.25, -0.2) is 9.78 Å². The standard InChI is InChI=1S/C20H23N5O4S/c1-5-29-20(28)14-11(2)16(17(21)26)30-19(14)23-18(27)15-12(10-24(3)4)25-9-7-6-8-13(25)22-15/h6-9H,5,10H2,1-4H3,(H2,21,26)(H,23,27). The Morgan fingerprint density at radius 2 is 2.03 bits per heavy atom. The number of hydrogen-bond acceptors (Lipinski definition) is 7. The number of primary amides is 1. The molecule has 9 nitrogen and oxygen atoms in total. The molecule has 30 heavy (non-hydrogen) atoms. The van der Waals surface area contributed by atoms with Crippen molar-refractivity contribution in [2.45, 2.75) is 20.4 Å². The van der Waals surface area contributed by atoms with Gasteiger partial charge >= 0.3 is 5.97 Å². The minimum atomic E-state index is -0.676. The fraction of sp³-hybridized carbons (Fsp3) is 0.300. The summed E-state index contributed by atoms with van der Waals surface area (Å²) in [5.41, 5.74) is 7.50. The average molecular weight is 430 g/mol. The summed E-state index contributed by atoms with van der Waals surface area (Å²) < 4.78 is 6.94. The Balaban J connectivity index is 2.05. The highest BCUT2D eigenvalue weighted by Gasteiger charge is 2.27. The van der Waals surface area contributed by atoms with Crippen molar-refractivity contribution >= 4 is 39.8 Å². The maximum absolute atomic E-state index is 13.1. The summed E-state index contributed by atoms with van der Waals surface area (Å²) in [5.74, 6) is -1.79. The summed E-state index contributed by atoms with van der Waals surface area (Å²) in [6.45, 7) is 3.92. The van der Waals surface area contributed by atoms with Gasteiger partial charge < -0.3 is 25.1 Å². The number of amides is 2. The van der Waals surface area contributed by atoms with Crippen LogP contribution in [0.5, 0.6) is 0 Å². The van der Waals surface area contributed by atoms with E-state index in [0.717, 1.165) is 11.3 Å². The average Bonchev–Trinajstić information content (AvgIpc) is 3.20. The number of anilines is 1. The number of aromatic nitrogens is 2. The number of imidazole rings is 1. The number of thiophene rings is 1. The number of ether oxygens (including phenoxy) is 1. The maximum atomic E-state index is 13.1. The number of fused-ring (bicyclic) bond motifs is 1. The Hall–Kier alpha value is -3.24. The molecule has 0 spiro atoms.